The van der Waals surface area contributed by atoms with Crippen LogP contribution in [0.5, 0.6) is 0 Å². The van der Waals surface area contributed by atoms with Gasteiger partial charge in [0, 0.05) is 19.4 Å². The Labute approximate surface area is 309 Å². The van der Waals surface area contributed by atoms with Crippen LogP contribution in [-0.4, -0.2) is 102 Å². The van der Waals surface area contributed by atoms with Crippen LogP contribution in [0.4, 0.5) is 13.2 Å². The van der Waals surface area contributed by atoms with E-state index in [4.69, 9.17) is 21.4 Å². The average Bonchev–Trinajstić information content (AvgIpc) is 3.11. The number of unbranched alkanes of at least 4 members (excludes halogenated alkanes) is 1. The normalized spacial score (nSPS) is 20.4. The van der Waals surface area contributed by atoms with E-state index in [9.17, 15) is 47.0 Å². The quantitative estimate of drug-likeness (QED) is 0.106. The summed E-state index contributed by atoms with van der Waals surface area (Å²) in [6, 6.07) is 11.4. The Bertz CT molecular complexity index is 1580. The van der Waals surface area contributed by atoms with E-state index >= 15 is 0 Å². The first-order valence-electron chi connectivity index (χ1n) is 17.0. The number of nitrogens with one attached hydrogen (secondary N) is 5. The predicted octanol–water partition coefficient (Wildman–Crippen LogP) is -0.897. The molecule has 0 aliphatic carbocycles. The number of halogens is 3. The fourth-order valence-corrected chi connectivity index (χ4v) is 5.09. The van der Waals surface area contributed by atoms with Crippen LogP contribution >= 0.6 is 0 Å². The Morgan fingerprint density at radius 2 is 1.28 bits per heavy atom. The van der Waals surface area contributed by atoms with Crippen molar-refractivity contribution in [1.82, 2.24) is 26.6 Å². The maximum Gasteiger partial charge on any atom is 0.490 e. The maximum absolute atomic E-state index is 13.6. The van der Waals surface area contributed by atoms with Crippen molar-refractivity contribution >= 4 is 41.4 Å². The van der Waals surface area contributed by atoms with Crippen molar-refractivity contribution < 1.29 is 56.9 Å². The molecular formula is C35H46F3N7O9. The summed E-state index contributed by atoms with van der Waals surface area (Å²) >= 11 is 0. The van der Waals surface area contributed by atoms with Crippen LogP contribution in [0.15, 0.2) is 54.6 Å². The second-order valence-electron chi connectivity index (χ2n) is 12.3. The number of hydrogen-bond acceptors (Lipinski definition) is 9. The number of carbonyl (C=O) groups excluding carboxylic acids is 6. The van der Waals surface area contributed by atoms with Crippen molar-refractivity contribution in [2.24, 2.45) is 11.5 Å². The van der Waals surface area contributed by atoms with E-state index in [2.05, 4.69) is 26.6 Å². The van der Waals surface area contributed by atoms with Gasteiger partial charge < -0.3 is 48.3 Å². The summed E-state index contributed by atoms with van der Waals surface area (Å²) in [5, 5.41) is 30.3. The highest BCUT2D eigenvalue weighted by Gasteiger charge is 2.38. The third-order valence-corrected chi connectivity index (χ3v) is 7.99. The summed E-state index contributed by atoms with van der Waals surface area (Å²) in [7, 11) is 0. The second-order valence-corrected chi connectivity index (χ2v) is 12.3. The molecule has 296 valence electrons. The van der Waals surface area contributed by atoms with Gasteiger partial charge in [-0.1, -0.05) is 54.6 Å². The number of aliphatic carboxylic acids is 1. The number of aliphatic hydroxyl groups excluding tert-OH is 1. The molecule has 0 unspecified atom stereocenters. The summed E-state index contributed by atoms with van der Waals surface area (Å²) < 4.78 is 31.7. The molecule has 2 aliphatic rings. The van der Waals surface area contributed by atoms with Gasteiger partial charge >= 0.3 is 12.1 Å². The third-order valence-electron chi connectivity index (χ3n) is 7.99. The number of amides is 6. The Morgan fingerprint density at radius 1 is 0.741 bits per heavy atom. The highest BCUT2D eigenvalue weighted by Crippen LogP contribution is 2.13. The molecule has 2 aromatic carbocycles. The zero-order valence-corrected chi connectivity index (χ0v) is 29.3. The molecule has 0 saturated carbocycles. The van der Waals surface area contributed by atoms with Crippen molar-refractivity contribution in [3.8, 4) is 0 Å². The van der Waals surface area contributed by atoms with Gasteiger partial charge in [0.15, 0.2) is 0 Å². The highest BCUT2D eigenvalue weighted by molar-refractivity contribution is 5.96. The molecule has 2 aromatic rings. The van der Waals surface area contributed by atoms with E-state index in [1.54, 1.807) is 36.4 Å². The number of carboxylic acid groups (broad SMARTS) is 1. The number of alkyl halides is 3. The molecular weight excluding hydrogens is 719 g/mol. The van der Waals surface area contributed by atoms with E-state index in [1.807, 2.05) is 18.2 Å². The largest absolute Gasteiger partial charge is 0.490 e. The Morgan fingerprint density at radius 3 is 1.83 bits per heavy atom. The third kappa shape index (κ3) is 16.4. The van der Waals surface area contributed by atoms with Gasteiger partial charge in [0.1, 0.15) is 24.2 Å². The van der Waals surface area contributed by atoms with E-state index in [0.717, 1.165) is 11.1 Å². The monoisotopic (exact) mass is 765 g/mol. The first-order chi connectivity index (χ1) is 25.5. The number of carbonyl (C=O) groups is 7. The van der Waals surface area contributed by atoms with Crippen LogP contribution < -0.4 is 38.1 Å². The Hall–Kier alpha value is -5.56. The van der Waals surface area contributed by atoms with Gasteiger partial charge in [0.2, 0.25) is 35.4 Å². The lowest BCUT2D eigenvalue weighted by molar-refractivity contribution is -0.192. The first kappa shape index (κ1) is 44.6. The second kappa shape index (κ2) is 22.5. The van der Waals surface area contributed by atoms with Crippen LogP contribution in [-0.2, 0) is 52.8 Å². The van der Waals surface area contributed by atoms with Gasteiger partial charge in [-0.25, -0.2) is 4.79 Å². The molecule has 11 N–H and O–H groups in total. The van der Waals surface area contributed by atoms with Gasteiger partial charge in [-0.05, 0) is 55.3 Å². The number of primary amides is 1. The number of benzene rings is 2. The number of aliphatic hydroxyl groups is 1. The molecule has 2 heterocycles. The van der Waals surface area contributed by atoms with Gasteiger partial charge in [-0.3, -0.25) is 28.8 Å². The zero-order valence-electron chi connectivity index (χ0n) is 29.3. The van der Waals surface area contributed by atoms with Gasteiger partial charge in [0.25, 0.3) is 0 Å². The lowest BCUT2D eigenvalue weighted by Gasteiger charge is -2.26. The molecule has 19 heteroatoms. The SMILES string of the molecule is NCCCC[C@@H]1NC(=O)[C@H](CO)NC(=O)[C@H](CCC(N)=O)NC(=O)[C@@H](Cc2ccccc2)NC(=O)Cc2ccc(cc2)CCNC1=O.O=C(O)C(F)(F)F. The molecule has 16 nitrogen and oxygen atoms in total. The molecule has 0 fully saturated rings. The minimum atomic E-state index is -5.08. The number of hydrogen-bond donors (Lipinski definition) is 9. The van der Waals surface area contributed by atoms with E-state index < -0.39 is 78.4 Å². The topological polar surface area (TPSA) is 272 Å². The summed E-state index contributed by atoms with van der Waals surface area (Å²) in [6.07, 6.45) is -3.55. The Balaban J connectivity index is 0.00000131. The highest BCUT2D eigenvalue weighted by atomic mass is 19.4. The molecule has 54 heavy (non-hydrogen) atoms. The molecule has 6 amide bonds. The summed E-state index contributed by atoms with van der Waals surface area (Å²) in [5.74, 6) is -6.73. The maximum atomic E-state index is 13.6. The summed E-state index contributed by atoms with van der Waals surface area (Å²) in [6.45, 7) is -0.133. The smallest absolute Gasteiger partial charge is 0.475 e. The minimum absolute atomic E-state index is 0.0163. The standard InChI is InChI=1S/C33H45N7O7.C2HF3O2/c34-16-5-4-8-24-30(44)36-17-15-21-9-11-23(12-10-21)19-29(43)37-26(18-22-6-2-1-3-7-22)32(46)39-25(13-14-28(35)42)31(45)40-27(20-41)33(47)38-24;3-2(4,5)1(6)7/h1-3,6-7,9-12,24-27,41H,4-5,8,13-20,34H2,(H2,35,42)(H,36,44)(H,37,43)(H,38,47)(H,39,46)(H,40,45);(H,6,7)/t24-,25-,26+,27-;/m0./s1. The lowest BCUT2D eigenvalue weighted by atomic mass is 10.0. The van der Waals surface area contributed by atoms with Crippen molar-refractivity contribution in [3.05, 3.63) is 71.3 Å². The fourth-order valence-electron chi connectivity index (χ4n) is 5.09. The van der Waals surface area contributed by atoms with Crippen LogP contribution in [0.1, 0.15) is 48.8 Å². The van der Waals surface area contributed by atoms with Crippen LogP contribution in [0.25, 0.3) is 0 Å². The minimum Gasteiger partial charge on any atom is -0.475 e. The van der Waals surface area contributed by atoms with Crippen molar-refractivity contribution in [2.45, 2.75) is 81.7 Å². The van der Waals surface area contributed by atoms with Gasteiger partial charge in [0.05, 0.1) is 13.0 Å². The number of nitrogens with two attached hydrogens (primary N) is 2. The lowest BCUT2D eigenvalue weighted by Crippen LogP contribution is -2.59. The van der Waals surface area contributed by atoms with Crippen molar-refractivity contribution in [3.63, 3.8) is 0 Å². The predicted molar refractivity (Wildman–Crippen MR) is 187 cm³/mol. The fraction of sp³-hybridized carbons (Fsp3) is 0.457. The number of fused-ring (bicyclic) bond motifs is 18. The summed E-state index contributed by atoms with van der Waals surface area (Å²) in [4.78, 5) is 86.9. The number of carboxylic acids is 1. The molecule has 4 atom stereocenters. The first-order valence-corrected chi connectivity index (χ1v) is 17.0. The van der Waals surface area contributed by atoms with Crippen molar-refractivity contribution in [2.75, 3.05) is 19.7 Å². The van der Waals surface area contributed by atoms with Crippen molar-refractivity contribution in [1.29, 1.82) is 0 Å². The molecule has 0 spiro atoms. The summed E-state index contributed by atoms with van der Waals surface area (Å²) in [5.41, 5.74) is 13.3. The van der Waals surface area contributed by atoms with Gasteiger partial charge in [-0.2, -0.15) is 13.2 Å². The van der Waals surface area contributed by atoms with Crippen LogP contribution in [0.2, 0.25) is 0 Å². The molecule has 0 saturated heterocycles. The molecule has 2 bridgehead atoms. The Kier molecular flexibility index (Phi) is 18.6. The van der Waals surface area contributed by atoms with Crippen LogP contribution in [0, 0.1) is 0 Å². The van der Waals surface area contributed by atoms with E-state index in [0.29, 0.717) is 31.4 Å². The van der Waals surface area contributed by atoms with Crippen LogP contribution in [0.3, 0.4) is 0 Å². The zero-order chi connectivity index (χ0) is 40.3. The molecule has 2 aliphatic heterocycles. The average molecular weight is 766 g/mol. The number of rotatable bonds is 10. The van der Waals surface area contributed by atoms with Gasteiger partial charge in [-0.15, -0.1) is 0 Å². The molecule has 4 rings (SSSR count). The van der Waals surface area contributed by atoms with E-state index in [1.165, 1.54) is 0 Å². The molecule has 0 radical (unpaired) electrons. The van der Waals surface area contributed by atoms with E-state index in [-0.39, 0.29) is 38.6 Å². The molecule has 0 aromatic heterocycles.